The molecule has 2 heteroatoms. The van der Waals surface area contributed by atoms with E-state index in [-0.39, 0.29) is 0 Å². The van der Waals surface area contributed by atoms with Crippen LogP contribution < -0.4 is 5.32 Å². The van der Waals surface area contributed by atoms with E-state index in [9.17, 15) is 0 Å². The van der Waals surface area contributed by atoms with Gasteiger partial charge in [0.15, 0.2) is 0 Å². The molecular weight excluding hydrogens is 172 g/mol. The minimum Gasteiger partial charge on any atom is -0.308 e. The number of pyridine rings is 1. The standard InChI is InChI=1S/C12H18N2/c1-2-10-5-4-8-13-12(10)9-14-11-6-3-7-11/h4-5,8,11,14H,2-3,6-7,9H2,1H3. The molecule has 1 heterocycles. The van der Waals surface area contributed by atoms with Crippen LogP contribution in [0.25, 0.3) is 0 Å². The molecule has 0 bridgehead atoms. The lowest BCUT2D eigenvalue weighted by Crippen LogP contribution is -2.34. The Morgan fingerprint density at radius 1 is 1.50 bits per heavy atom. The Labute approximate surface area is 85.7 Å². The summed E-state index contributed by atoms with van der Waals surface area (Å²) in [7, 11) is 0. The fourth-order valence-corrected chi connectivity index (χ4v) is 1.81. The molecule has 1 aliphatic rings. The molecule has 14 heavy (non-hydrogen) atoms. The molecule has 2 nitrogen and oxygen atoms in total. The van der Waals surface area contributed by atoms with Crippen molar-refractivity contribution >= 4 is 0 Å². The molecule has 0 aliphatic heterocycles. The first kappa shape index (κ1) is 9.66. The molecular formula is C12H18N2. The highest BCUT2D eigenvalue weighted by Crippen LogP contribution is 2.18. The van der Waals surface area contributed by atoms with Gasteiger partial charge < -0.3 is 5.32 Å². The van der Waals surface area contributed by atoms with E-state index in [0.29, 0.717) is 0 Å². The van der Waals surface area contributed by atoms with Gasteiger partial charge in [0.1, 0.15) is 0 Å². The average molecular weight is 190 g/mol. The summed E-state index contributed by atoms with van der Waals surface area (Å²) in [6, 6.07) is 4.94. The van der Waals surface area contributed by atoms with Gasteiger partial charge in [0.25, 0.3) is 0 Å². The van der Waals surface area contributed by atoms with Gasteiger partial charge in [-0.2, -0.15) is 0 Å². The quantitative estimate of drug-likeness (QED) is 0.788. The third-order valence-electron chi connectivity index (χ3n) is 3.03. The van der Waals surface area contributed by atoms with Crippen LogP contribution in [0.15, 0.2) is 18.3 Å². The smallest absolute Gasteiger partial charge is 0.0573 e. The highest BCUT2D eigenvalue weighted by molar-refractivity contribution is 5.19. The van der Waals surface area contributed by atoms with Gasteiger partial charge in [-0.25, -0.2) is 0 Å². The van der Waals surface area contributed by atoms with E-state index in [1.54, 1.807) is 0 Å². The minimum absolute atomic E-state index is 0.752. The summed E-state index contributed by atoms with van der Waals surface area (Å²) in [5.41, 5.74) is 2.60. The molecule has 1 N–H and O–H groups in total. The maximum atomic E-state index is 4.42. The lowest BCUT2D eigenvalue weighted by molar-refractivity contribution is 0.336. The average Bonchev–Trinajstić information content (AvgIpc) is 2.16. The van der Waals surface area contributed by atoms with E-state index in [1.165, 1.54) is 30.5 Å². The van der Waals surface area contributed by atoms with Crippen LogP contribution in [0.1, 0.15) is 37.4 Å². The first-order valence-electron chi connectivity index (χ1n) is 5.56. The third kappa shape index (κ3) is 2.13. The zero-order valence-electron chi connectivity index (χ0n) is 8.79. The first-order chi connectivity index (χ1) is 6.90. The van der Waals surface area contributed by atoms with Crippen molar-refractivity contribution in [3.63, 3.8) is 0 Å². The van der Waals surface area contributed by atoms with Gasteiger partial charge in [-0.15, -0.1) is 0 Å². The van der Waals surface area contributed by atoms with Crippen LogP contribution in [0.3, 0.4) is 0 Å². The molecule has 2 rings (SSSR count). The molecule has 76 valence electrons. The van der Waals surface area contributed by atoms with Gasteiger partial charge in [-0.3, -0.25) is 4.98 Å². The van der Waals surface area contributed by atoms with Crippen LogP contribution in [0.2, 0.25) is 0 Å². The Morgan fingerprint density at radius 2 is 2.36 bits per heavy atom. The second-order valence-corrected chi connectivity index (χ2v) is 3.97. The van der Waals surface area contributed by atoms with Gasteiger partial charge in [-0.1, -0.05) is 19.4 Å². The molecule has 1 aliphatic carbocycles. The molecule has 0 saturated heterocycles. The Hall–Kier alpha value is -0.890. The molecule has 1 aromatic heterocycles. The monoisotopic (exact) mass is 190 g/mol. The van der Waals surface area contributed by atoms with E-state index in [2.05, 4.69) is 23.3 Å². The van der Waals surface area contributed by atoms with E-state index >= 15 is 0 Å². The summed E-state index contributed by atoms with van der Waals surface area (Å²) < 4.78 is 0. The minimum atomic E-state index is 0.752. The third-order valence-corrected chi connectivity index (χ3v) is 3.03. The molecule has 1 fully saturated rings. The maximum Gasteiger partial charge on any atom is 0.0573 e. The molecule has 0 unspecified atom stereocenters. The number of hydrogen-bond acceptors (Lipinski definition) is 2. The number of rotatable bonds is 4. The van der Waals surface area contributed by atoms with Gasteiger partial charge in [0.05, 0.1) is 5.69 Å². The summed E-state index contributed by atoms with van der Waals surface area (Å²) >= 11 is 0. The lowest BCUT2D eigenvalue weighted by atomic mass is 9.93. The Bertz CT molecular complexity index is 292. The molecule has 0 atom stereocenters. The Balaban J connectivity index is 1.93. The Kier molecular flexibility index (Phi) is 3.14. The zero-order valence-corrected chi connectivity index (χ0v) is 8.79. The van der Waals surface area contributed by atoms with Crippen molar-refractivity contribution in [2.24, 2.45) is 0 Å². The molecule has 0 amide bonds. The van der Waals surface area contributed by atoms with E-state index in [0.717, 1.165) is 19.0 Å². The maximum absolute atomic E-state index is 4.42. The van der Waals surface area contributed by atoms with Gasteiger partial charge in [0, 0.05) is 18.8 Å². The highest BCUT2D eigenvalue weighted by Gasteiger charge is 2.16. The van der Waals surface area contributed by atoms with Crippen molar-refractivity contribution < 1.29 is 0 Å². The van der Waals surface area contributed by atoms with E-state index in [4.69, 9.17) is 0 Å². The van der Waals surface area contributed by atoms with Gasteiger partial charge >= 0.3 is 0 Å². The number of nitrogens with zero attached hydrogens (tertiary/aromatic N) is 1. The van der Waals surface area contributed by atoms with Crippen molar-refractivity contribution in [1.82, 2.24) is 10.3 Å². The van der Waals surface area contributed by atoms with Crippen LogP contribution in [0.4, 0.5) is 0 Å². The van der Waals surface area contributed by atoms with Crippen LogP contribution in [-0.2, 0) is 13.0 Å². The summed E-state index contributed by atoms with van der Waals surface area (Å²) in [4.78, 5) is 4.42. The molecule has 1 saturated carbocycles. The van der Waals surface area contributed by atoms with Crippen molar-refractivity contribution in [3.05, 3.63) is 29.6 Å². The van der Waals surface area contributed by atoms with Crippen molar-refractivity contribution in [2.45, 2.75) is 45.2 Å². The van der Waals surface area contributed by atoms with Crippen LogP contribution in [0, 0.1) is 0 Å². The normalized spacial score (nSPS) is 16.6. The summed E-state index contributed by atoms with van der Waals surface area (Å²) in [5, 5.41) is 3.55. The second kappa shape index (κ2) is 4.56. The first-order valence-corrected chi connectivity index (χ1v) is 5.56. The predicted molar refractivity (Wildman–Crippen MR) is 58.1 cm³/mol. The topological polar surface area (TPSA) is 24.9 Å². The predicted octanol–water partition coefficient (Wildman–Crippen LogP) is 2.29. The number of aryl methyl sites for hydroxylation is 1. The fourth-order valence-electron chi connectivity index (χ4n) is 1.81. The largest absolute Gasteiger partial charge is 0.308 e. The molecule has 0 radical (unpaired) electrons. The summed E-state index contributed by atoms with van der Waals surface area (Å²) in [6.07, 6.45) is 7.04. The van der Waals surface area contributed by atoms with Gasteiger partial charge in [0.2, 0.25) is 0 Å². The van der Waals surface area contributed by atoms with Crippen LogP contribution >= 0.6 is 0 Å². The SMILES string of the molecule is CCc1cccnc1CNC1CCC1. The Morgan fingerprint density at radius 3 is 3.00 bits per heavy atom. The number of hydrogen-bond donors (Lipinski definition) is 1. The molecule has 0 spiro atoms. The van der Waals surface area contributed by atoms with Crippen molar-refractivity contribution in [3.8, 4) is 0 Å². The fraction of sp³-hybridized carbons (Fsp3) is 0.583. The summed E-state index contributed by atoms with van der Waals surface area (Å²) in [6.45, 7) is 3.12. The van der Waals surface area contributed by atoms with Crippen LogP contribution in [0.5, 0.6) is 0 Å². The number of nitrogens with one attached hydrogen (secondary N) is 1. The van der Waals surface area contributed by atoms with Crippen molar-refractivity contribution in [1.29, 1.82) is 0 Å². The molecule has 1 aromatic rings. The van der Waals surface area contributed by atoms with Gasteiger partial charge in [-0.05, 0) is 30.9 Å². The molecule has 0 aromatic carbocycles. The van der Waals surface area contributed by atoms with Crippen LogP contribution in [-0.4, -0.2) is 11.0 Å². The van der Waals surface area contributed by atoms with Crippen molar-refractivity contribution in [2.75, 3.05) is 0 Å². The van der Waals surface area contributed by atoms with E-state index in [1.807, 2.05) is 12.3 Å². The zero-order chi connectivity index (χ0) is 9.80. The second-order valence-electron chi connectivity index (χ2n) is 3.97. The lowest BCUT2D eigenvalue weighted by Gasteiger charge is -2.26. The van der Waals surface area contributed by atoms with E-state index < -0.39 is 0 Å². The highest BCUT2D eigenvalue weighted by atomic mass is 14.9. The summed E-state index contributed by atoms with van der Waals surface area (Å²) in [5.74, 6) is 0. The number of aromatic nitrogens is 1.